The molecule has 0 N–H and O–H groups in total. The number of rotatable bonds is 0. The molecule has 13 heteroatoms. The average molecular weight is 1640 g/mol. The van der Waals surface area contributed by atoms with Gasteiger partial charge in [0.15, 0.2) is 0 Å². The molecule has 0 aliphatic heterocycles. The monoisotopic (exact) mass is 1660 g/mol. The second-order valence-electron chi connectivity index (χ2n) is 0. The van der Waals surface area contributed by atoms with Gasteiger partial charge in [-0.25, -0.2) is 0 Å². The van der Waals surface area contributed by atoms with Crippen molar-refractivity contribution in [2.24, 2.45) is 0 Å². The minimum absolute atomic E-state index is 0. The Balaban J connectivity index is 0. The van der Waals surface area contributed by atoms with Crippen molar-refractivity contribution in [2.45, 2.75) is 0 Å². The molecule has 0 bridgehead atoms. The molecule has 0 aliphatic rings. The van der Waals surface area contributed by atoms with E-state index in [2.05, 4.69) is 0 Å². The molecule has 0 amide bonds. The third-order valence-corrected chi connectivity index (χ3v) is 0. The summed E-state index contributed by atoms with van der Waals surface area (Å²) in [6, 6.07) is 0. The molecule has 0 fully saturated rings. The Labute approximate surface area is 426 Å². The maximum absolute atomic E-state index is 0. The predicted molar refractivity (Wildman–Crippen MR) is 39.8 cm³/mol. The van der Waals surface area contributed by atoms with Crippen LogP contribution in [0.4, 0.5) is 0 Å². The molecule has 0 aromatic heterocycles. The fourth-order valence-electron chi connectivity index (χ4n) is 0. The molecule has 0 aromatic rings. The summed E-state index contributed by atoms with van der Waals surface area (Å²) in [5.41, 5.74) is 0. The Morgan fingerprint density at radius 2 is 0.154 bits per heavy atom. The zero-order valence-electron chi connectivity index (χ0n) is 3.67. The van der Waals surface area contributed by atoms with Crippen LogP contribution in [-0.4, -0.2) is 79.2 Å². The maximum Gasteiger partial charge on any atom is 0 e. The Morgan fingerprint density at radius 1 is 0.154 bits per heavy atom. The van der Waals surface area contributed by atoms with Gasteiger partial charge in [0, 0.05) is 363 Å². The molecule has 78 valence electrons. The summed E-state index contributed by atoms with van der Waals surface area (Å²) in [5, 5.41) is 0. The molecule has 0 atom stereocenters. The zero-order valence-corrected chi connectivity index (χ0v) is 27.2. The van der Waals surface area contributed by atoms with Crippen molar-refractivity contribution < 1.29 is 363 Å². The molecule has 0 rings (SSSR count). The van der Waals surface area contributed by atoms with E-state index in [1.807, 2.05) is 0 Å². The van der Waals surface area contributed by atoms with Crippen LogP contribution in [0, 0.1) is 363 Å². The molecule has 0 saturated carbocycles. The standard InChI is InChI=1S/4Ga.9Sm.12H. The van der Waals surface area contributed by atoms with E-state index in [1.165, 1.54) is 0 Å². The smallest absolute Gasteiger partial charge is 0 e. The number of hydrogen-bond acceptors (Lipinski definition) is 0. The quantitative estimate of drug-likeness (QED) is 0.215. The first-order chi connectivity index (χ1) is 0. The summed E-state index contributed by atoms with van der Waals surface area (Å²) < 4.78 is 0. The summed E-state index contributed by atoms with van der Waals surface area (Å²) in [7, 11) is 0. The largest absolute Gasteiger partial charge is 0 e. The van der Waals surface area contributed by atoms with E-state index < -0.39 is 0 Å². The summed E-state index contributed by atoms with van der Waals surface area (Å²) >= 11 is 0. The summed E-state index contributed by atoms with van der Waals surface area (Å²) in [6.45, 7) is 0. The first-order valence-electron chi connectivity index (χ1n) is 0. The Hall–Kier alpha value is 14.6. The minimum atomic E-state index is 0. The fraction of sp³-hybridized carbons (Fsp3) is 0. The van der Waals surface area contributed by atoms with Crippen molar-refractivity contribution >= 4 is 79.2 Å². The van der Waals surface area contributed by atoms with Gasteiger partial charge in [0.25, 0.3) is 0 Å². The molecular weight excluding hydrogens is 1630 g/mol. The number of hydrogen-bond donors (Lipinski definition) is 0. The summed E-state index contributed by atoms with van der Waals surface area (Å²) in [5.74, 6) is 0. The van der Waals surface area contributed by atoms with E-state index in [4.69, 9.17) is 0 Å². The SMILES string of the molecule is [GaH3].[GaH3].[GaH3].[GaH3].[Sm].[Sm].[Sm].[Sm].[Sm].[Sm].[Sm].[Sm].[Sm]. The van der Waals surface area contributed by atoms with Gasteiger partial charge in [0.05, 0.1) is 0 Å². The molecule has 0 nitrogen and oxygen atoms in total. The Morgan fingerprint density at radius 3 is 0.154 bits per heavy atom. The van der Waals surface area contributed by atoms with Crippen LogP contribution < -0.4 is 0 Å². The van der Waals surface area contributed by atoms with Gasteiger partial charge in [0.1, 0.15) is 0 Å². The van der Waals surface area contributed by atoms with Gasteiger partial charge < -0.3 is 0 Å². The van der Waals surface area contributed by atoms with Crippen LogP contribution in [0.3, 0.4) is 0 Å². The van der Waals surface area contributed by atoms with E-state index in [0.29, 0.717) is 0 Å². The first kappa shape index (κ1) is 91.7. The van der Waals surface area contributed by atoms with E-state index in [1.54, 1.807) is 0 Å². The topological polar surface area (TPSA) is 0 Å². The van der Waals surface area contributed by atoms with Gasteiger partial charge in [-0.1, -0.05) is 0 Å². The predicted octanol–water partition coefficient (Wildman–Crippen LogP) is -4.74. The van der Waals surface area contributed by atoms with Crippen LogP contribution in [0.1, 0.15) is 0 Å². The molecule has 0 spiro atoms. The van der Waals surface area contributed by atoms with Gasteiger partial charge >= 0.3 is 79.2 Å². The van der Waals surface area contributed by atoms with E-state index in [0.717, 1.165) is 0 Å². The van der Waals surface area contributed by atoms with Gasteiger partial charge in [-0.15, -0.1) is 0 Å². The fourth-order valence-corrected chi connectivity index (χ4v) is 0. The van der Waals surface area contributed by atoms with Crippen LogP contribution in [-0.2, 0) is 0 Å². The molecule has 0 aromatic carbocycles. The van der Waals surface area contributed by atoms with E-state index in [-0.39, 0.29) is 443 Å². The third kappa shape index (κ3) is 75.5. The van der Waals surface area contributed by atoms with Crippen LogP contribution >= 0.6 is 0 Å². The molecule has 0 saturated heterocycles. The van der Waals surface area contributed by atoms with Crippen molar-refractivity contribution in [3.8, 4) is 0 Å². The van der Waals surface area contributed by atoms with Gasteiger partial charge in [-0.3, -0.25) is 0 Å². The normalized spacial score (nSPS) is 0. The molecule has 0 unspecified atom stereocenters. The van der Waals surface area contributed by atoms with Crippen LogP contribution in [0.25, 0.3) is 0 Å². The van der Waals surface area contributed by atoms with Gasteiger partial charge in [-0.2, -0.15) is 0 Å². The van der Waals surface area contributed by atoms with E-state index in [9.17, 15) is 0 Å². The van der Waals surface area contributed by atoms with Crippen molar-refractivity contribution in [3.05, 3.63) is 0 Å². The molecule has 0 radical (unpaired) electrons. The minimum Gasteiger partial charge on any atom is 0 e. The van der Waals surface area contributed by atoms with Crippen molar-refractivity contribution in [1.29, 1.82) is 0 Å². The molecule has 0 aliphatic carbocycles. The van der Waals surface area contributed by atoms with Crippen molar-refractivity contribution in [1.82, 2.24) is 0 Å². The first-order valence-corrected chi connectivity index (χ1v) is 0. The van der Waals surface area contributed by atoms with Gasteiger partial charge in [-0.05, 0) is 0 Å². The third-order valence-electron chi connectivity index (χ3n) is 0. The summed E-state index contributed by atoms with van der Waals surface area (Å²) in [6.07, 6.45) is 0. The van der Waals surface area contributed by atoms with Crippen LogP contribution in [0.5, 0.6) is 0 Å². The molecule has 13 heavy (non-hydrogen) atoms. The zero-order chi connectivity index (χ0) is 0. The van der Waals surface area contributed by atoms with Crippen molar-refractivity contribution in [3.63, 3.8) is 0 Å². The van der Waals surface area contributed by atoms with Crippen molar-refractivity contribution in [2.75, 3.05) is 0 Å². The Kier molecular flexibility index (Phi) is 577. The summed E-state index contributed by atoms with van der Waals surface area (Å²) in [4.78, 5) is 0. The second-order valence-corrected chi connectivity index (χ2v) is 0. The second kappa shape index (κ2) is 81.8. The van der Waals surface area contributed by atoms with Gasteiger partial charge in [0.2, 0.25) is 0 Å². The maximum atomic E-state index is 0. The molecule has 0 heterocycles. The van der Waals surface area contributed by atoms with Crippen LogP contribution in [0.15, 0.2) is 0 Å². The Bertz CT molecular complexity index is 11.6. The average Bonchev–Trinajstić information content (AvgIpc) is 0. The van der Waals surface area contributed by atoms with E-state index >= 15 is 0 Å². The van der Waals surface area contributed by atoms with Crippen LogP contribution in [0.2, 0.25) is 0 Å². The molecular formula is H12Ga4Sm9.